The number of hydrogen-bond acceptors (Lipinski definition) is 6. The Bertz CT molecular complexity index is 1270. The van der Waals surface area contributed by atoms with E-state index in [0.29, 0.717) is 18.7 Å². The normalized spacial score (nSPS) is 19.5. The van der Waals surface area contributed by atoms with E-state index in [1.54, 1.807) is 32.0 Å². The highest BCUT2D eigenvalue weighted by molar-refractivity contribution is 5.83. The molecule has 34 heavy (non-hydrogen) atoms. The second-order valence-electron chi connectivity index (χ2n) is 8.85. The summed E-state index contributed by atoms with van der Waals surface area (Å²) >= 11 is 0. The Kier molecular flexibility index (Phi) is 6.35. The number of aryl methyl sites for hydroxylation is 2. The Hall–Kier alpha value is -3.04. The molecule has 0 amide bonds. The number of morpholine rings is 1. The minimum Gasteiger partial charge on any atom is -0.507 e. The first-order chi connectivity index (χ1) is 15.9. The third kappa shape index (κ3) is 4.76. The third-order valence-electron chi connectivity index (χ3n) is 5.79. The van der Waals surface area contributed by atoms with Crippen molar-refractivity contribution < 1.29 is 32.2 Å². The SMILES string of the molecule is Cc1ccc(C)c(Oc2c(C(F)(F)F)oc3c(CN4C[C@@H](C)O[C@H](C)C4)c(O)ccc3c2=O)c1. The molecule has 1 aliphatic heterocycles. The summed E-state index contributed by atoms with van der Waals surface area (Å²) in [6.07, 6.45) is -5.17. The summed E-state index contributed by atoms with van der Waals surface area (Å²) in [5, 5.41) is 10.4. The first kappa shape index (κ1) is 24.1. The zero-order valence-corrected chi connectivity index (χ0v) is 19.3. The van der Waals surface area contributed by atoms with Gasteiger partial charge in [0.25, 0.3) is 5.76 Å². The van der Waals surface area contributed by atoms with E-state index in [9.17, 15) is 23.1 Å². The van der Waals surface area contributed by atoms with Gasteiger partial charge in [-0.2, -0.15) is 13.2 Å². The molecular weight excluding hydrogens is 451 g/mol. The van der Waals surface area contributed by atoms with E-state index in [1.807, 2.05) is 18.7 Å². The number of halogens is 3. The molecule has 1 aromatic heterocycles. The first-order valence-corrected chi connectivity index (χ1v) is 11.0. The molecule has 2 aromatic carbocycles. The van der Waals surface area contributed by atoms with Crippen molar-refractivity contribution in [3.63, 3.8) is 0 Å². The molecule has 1 saturated heterocycles. The van der Waals surface area contributed by atoms with Crippen LogP contribution in [0.5, 0.6) is 17.2 Å². The first-order valence-electron chi connectivity index (χ1n) is 11.0. The summed E-state index contributed by atoms with van der Waals surface area (Å²) in [6, 6.07) is 7.58. The van der Waals surface area contributed by atoms with Gasteiger partial charge in [0, 0.05) is 19.6 Å². The summed E-state index contributed by atoms with van der Waals surface area (Å²) in [4.78, 5) is 15.2. The number of ether oxygens (including phenoxy) is 2. The average Bonchev–Trinajstić information content (AvgIpc) is 2.73. The topological polar surface area (TPSA) is 72.1 Å². The van der Waals surface area contributed by atoms with Crippen molar-refractivity contribution in [2.45, 2.75) is 52.6 Å². The minimum absolute atomic E-state index is 0.0869. The highest BCUT2D eigenvalue weighted by Gasteiger charge is 2.41. The number of phenols is 1. The van der Waals surface area contributed by atoms with Crippen LogP contribution in [0.2, 0.25) is 0 Å². The molecule has 2 heterocycles. The van der Waals surface area contributed by atoms with E-state index in [-0.39, 0.29) is 46.8 Å². The number of aromatic hydroxyl groups is 1. The monoisotopic (exact) mass is 477 g/mol. The lowest BCUT2D eigenvalue weighted by atomic mass is 10.1. The maximum absolute atomic E-state index is 14.0. The van der Waals surface area contributed by atoms with Crippen LogP contribution < -0.4 is 10.2 Å². The van der Waals surface area contributed by atoms with E-state index >= 15 is 0 Å². The molecule has 0 radical (unpaired) electrons. The molecular formula is C25H26F3NO5. The quantitative estimate of drug-likeness (QED) is 0.532. The predicted molar refractivity (Wildman–Crippen MR) is 120 cm³/mol. The summed E-state index contributed by atoms with van der Waals surface area (Å²) in [5.41, 5.74) is 0.178. The van der Waals surface area contributed by atoms with Gasteiger partial charge in [-0.3, -0.25) is 9.69 Å². The lowest BCUT2D eigenvalue weighted by molar-refractivity contribution is -0.154. The number of hydrogen-bond donors (Lipinski definition) is 1. The van der Waals surface area contributed by atoms with E-state index in [1.165, 1.54) is 12.1 Å². The van der Waals surface area contributed by atoms with Gasteiger partial charge in [0.05, 0.1) is 23.2 Å². The van der Waals surface area contributed by atoms with Gasteiger partial charge in [-0.15, -0.1) is 0 Å². The van der Waals surface area contributed by atoms with Gasteiger partial charge in [-0.1, -0.05) is 12.1 Å². The summed E-state index contributed by atoms with van der Waals surface area (Å²) < 4.78 is 58.6. The summed E-state index contributed by atoms with van der Waals surface area (Å²) in [7, 11) is 0. The molecule has 182 valence electrons. The Balaban J connectivity index is 1.87. The lowest BCUT2D eigenvalue weighted by Crippen LogP contribution is -2.44. The number of fused-ring (bicyclic) bond motifs is 1. The largest absolute Gasteiger partial charge is 0.507 e. The van der Waals surface area contributed by atoms with E-state index in [4.69, 9.17) is 13.9 Å². The molecule has 1 N–H and O–H groups in total. The Morgan fingerprint density at radius 2 is 1.79 bits per heavy atom. The van der Waals surface area contributed by atoms with Gasteiger partial charge in [0.1, 0.15) is 17.1 Å². The lowest BCUT2D eigenvalue weighted by Gasteiger charge is -2.35. The van der Waals surface area contributed by atoms with Crippen molar-refractivity contribution in [3.8, 4) is 17.2 Å². The molecule has 0 aliphatic carbocycles. The molecule has 3 aromatic rings. The van der Waals surface area contributed by atoms with Gasteiger partial charge in [-0.25, -0.2) is 0 Å². The highest BCUT2D eigenvalue weighted by atomic mass is 19.4. The second-order valence-corrected chi connectivity index (χ2v) is 8.85. The molecule has 1 aliphatic rings. The number of alkyl halides is 3. The van der Waals surface area contributed by atoms with Crippen LogP contribution in [0.1, 0.15) is 36.3 Å². The molecule has 0 bridgehead atoms. The van der Waals surface area contributed by atoms with Crippen molar-refractivity contribution in [3.05, 3.63) is 63.0 Å². The van der Waals surface area contributed by atoms with Crippen LogP contribution in [-0.2, 0) is 17.5 Å². The fourth-order valence-electron chi connectivity index (χ4n) is 4.28. The molecule has 0 unspecified atom stereocenters. The Labute approximate surface area is 194 Å². The maximum Gasteiger partial charge on any atom is 0.453 e. The van der Waals surface area contributed by atoms with Crippen LogP contribution in [0.3, 0.4) is 0 Å². The molecule has 1 fully saturated rings. The van der Waals surface area contributed by atoms with Crippen molar-refractivity contribution in [2.24, 2.45) is 0 Å². The summed E-state index contributed by atoms with van der Waals surface area (Å²) in [6.45, 7) is 8.36. The Morgan fingerprint density at radius 3 is 2.44 bits per heavy atom. The molecule has 0 saturated carbocycles. The Morgan fingerprint density at radius 1 is 1.12 bits per heavy atom. The van der Waals surface area contributed by atoms with Crippen molar-refractivity contribution in [2.75, 3.05) is 13.1 Å². The van der Waals surface area contributed by atoms with Gasteiger partial charge >= 0.3 is 6.18 Å². The maximum atomic E-state index is 14.0. The van der Waals surface area contributed by atoms with E-state index in [2.05, 4.69) is 0 Å². The molecule has 6 nitrogen and oxygen atoms in total. The number of benzene rings is 2. The zero-order valence-electron chi connectivity index (χ0n) is 19.3. The molecule has 9 heteroatoms. The fraction of sp³-hybridized carbons (Fsp3) is 0.400. The van der Waals surface area contributed by atoms with Crippen LogP contribution >= 0.6 is 0 Å². The second kappa shape index (κ2) is 8.96. The molecule has 2 atom stereocenters. The van der Waals surface area contributed by atoms with Crippen molar-refractivity contribution >= 4 is 11.0 Å². The third-order valence-corrected chi connectivity index (χ3v) is 5.79. The number of phenolic OH excluding ortho intramolecular Hbond substituents is 1. The molecule has 4 rings (SSSR count). The van der Waals surface area contributed by atoms with Crippen molar-refractivity contribution in [1.82, 2.24) is 4.90 Å². The van der Waals surface area contributed by atoms with Gasteiger partial charge in [0.2, 0.25) is 11.2 Å². The molecule has 0 spiro atoms. The van der Waals surface area contributed by atoms with Crippen LogP contribution in [-0.4, -0.2) is 35.3 Å². The van der Waals surface area contributed by atoms with Crippen LogP contribution in [0.25, 0.3) is 11.0 Å². The fourth-order valence-corrected chi connectivity index (χ4v) is 4.28. The van der Waals surface area contributed by atoms with Crippen LogP contribution in [0.15, 0.2) is 39.5 Å². The van der Waals surface area contributed by atoms with Gasteiger partial charge in [-0.05, 0) is 57.0 Å². The van der Waals surface area contributed by atoms with Gasteiger partial charge in [0.15, 0.2) is 0 Å². The van der Waals surface area contributed by atoms with E-state index < -0.39 is 23.1 Å². The van der Waals surface area contributed by atoms with Crippen molar-refractivity contribution in [1.29, 1.82) is 0 Å². The van der Waals surface area contributed by atoms with Crippen LogP contribution in [0.4, 0.5) is 13.2 Å². The highest BCUT2D eigenvalue weighted by Crippen LogP contribution is 2.40. The number of nitrogens with zero attached hydrogens (tertiary/aromatic N) is 1. The van der Waals surface area contributed by atoms with Gasteiger partial charge < -0.3 is 19.0 Å². The standard InChI is InChI=1S/C25H26F3NO5/c1-13-5-6-14(2)20(9-13)33-23-21(31)17-7-8-19(30)18(22(17)34-24(23)25(26,27)28)12-29-10-15(3)32-16(4)11-29/h5-9,15-16,30H,10-12H2,1-4H3/t15-,16-/m1/s1. The number of rotatable bonds is 4. The van der Waals surface area contributed by atoms with Crippen LogP contribution in [0, 0.1) is 13.8 Å². The minimum atomic E-state index is -4.99. The summed E-state index contributed by atoms with van der Waals surface area (Å²) in [5.74, 6) is -2.59. The average molecular weight is 477 g/mol. The smallest absolute Gasteiger partial charge is 0.453 e. The zero-order chi connectivity index (χ0) is 24.8. The van der Waals surface area contributed by atoms with E-state index in [0.717, 1.165) is 5.56 Å². The predicted octanol–water partition coefficient (Wildman–Crippen LogP) is 5.54.